The number of nitrogens with zero attached hydrogens (tertiary/aromatic N) is 2. The predicted molar refractivity (Wildman–Crippen MR) is 83.1 cm³/mol. The van der Waals surface area contributed by atoms with Gasteiger partial charge in [0, 0.05) is 31.8 Å². The number of ether oxygens (including phenoxy) is 1. The Morgan fingerprint density at radius 1 is 1.23 bits per heavy atom. The first-order valence-corrected chi connectivity index (χ1v) is 7.29. The van der Waals surface area contributed by atoms with E-state index in [0.717, 1.165) is 6.42 Å². The number of ketones is 1. The van der Waals surface area contributed by atoms with Crippen LogP contribution in [0.1, 0.15) is 52.4 Å². The molecule has 0 spiro atoms. The summed E-state index contributed by atoms with van der Waals surface area (Å²) in [6.07, 6.45) is 0.785. The van der Waals surface area contributed by atoms with Crippen molar-refractivity contribution in [2.24, 2.45) is 7.05 Å². The molecular weight excluding hydrogens is 284 g/mol. The predicted octanol–water partition coefficient (Wildman–Crippen LogP) is 1.87. The van der Waals surface area contributed by atoms with Gasteiger partial charge < -0.3 is 14.2 Å². The minimum Gasteiger partial charge on any atom is -0.464 e. The molecule has 0 saturated carbocycles. The number of esters is 1. The van der Waals surface area contributed by atoms with Crippen LogP contribution in [0.25, 0.3) is 0 Å². The molecule has 1 heterocycles. The number of Topliss-reactive ketones (excluding diaryl/α,β-unsaturated/α-hetero) is 1. The van der Waals surface area contributed by atoms with Crippen LogP contribution in [0, 0.1) is 13.8 Å². The van der Waals surface area contributed by atoms with Crippen molar-refractivity contribution in [3.8, 4) is 0 Å². The molecule has 1 amide bonds. The minimum atomic E-state index is -0.473. The maximum absolute atomic E-state index is 12.6. The SMILES string of the molecule is CCCN(CC(=O)c1c(C)c(C(=O)OC)n(C)c1C)C(C)=O. The first-order valence-electron chi connectivity index (χ1n) is 7.29. The summed E-state index contributed by atoms with van der Waals surface area (Å²) in [6, 6.07) is 0. The number of amides is 1. The molecule has 0 aliphatic rings. The fraction of sp³-hybridized carbons (Fsp3) is 0.562. The van der Waals surface area contributed by atoms with Gasteiger partial charge in [-0.25, -0.2) is 4.79 Å². The number of hydrogen-bond donors (Lipinski definition) is 0. The number of methoxy groups -OCH3 is 1. The van der Waals surface area contributed by atoms with Gasteiger partial charge in [0.1, 0.15) is 5.69 Å². The highest BCUT2D eigenvalue weighted by molar-refractivity contribution is 6.04. The molecule has 22 heavy (non-hydrogen) atoms. The number of carbonyl (C=O) groups is 3. The summed E-state index contributed by atoms with van der Waals surface area (Å²) in [6.45, 7) is 7.47. The highest BCUT2D eigenvalue weighted by Gasteiger charge is 2.26. The highest BCUT2D eigenvalue weighted by atomic mass is 16.5. The molecule has 6 nitrogen and oxygen atoms in total. The van der Waals surface area contributed by atoms with Crippen molar-refractivity contribution < 1.29 is 19.1 Å². The first-order chi connectivity index (χ1) is 10.3. The van der Waals surface area contributed by atoms with Crippen molar-refractivity contribution in [1.82, 2.24) is 9.47 Å². The van der Waals surface area contributed by atoms with E-state index in [1.165, 1.54) is 18.9 Å². The lowest BCUT2D eigenvalue weighted by Crippen LogP contribution is -2.34. The van der Waals surface area contributed by atoms with E-state index in [1.54, 1.807) is 25.5 Å². The molecule has 1 aromatic rings. The van der Waals surface area contributed by atoms with Crippen molar-refractivity contribution >= 4 is 17.7 Å². The van der Waals surface area contributed by atoms with Crippen molar-refractivity contribution in [2.45, 2.75) is 34.1 Å². The van der Waals surface area contributed by atoms with Crippen LogP contribution in [0.3, 0.4) is 0 Å². The Bertz CT molecular complexity index is 602. The molecule has 0 aliphatic heterocycles. The van der Waals surface area contributed by atoms with Crippen LogP contribution in [0.4, 0.5) is 0 Å². The Morgan fingerprint density at radius 3 is 2.27 bits per heavy atom. The summed E-state index contributed by atoms with van der Waals surface area (Å²) in [5, 5.41) is 0. The molecule has 1 rings (SSSR count). The van der Waals surface area contributed by atoms with Crippen molar-refractivity contribution in [3.05, 3.63) is 22.5 Å². The molecule has 6 heteroatoms. The molecule has 0 saturated heterocycles. The van der Waals surface area contributed by atoms with Crippen molar-refractivity contribution in [3.63, 3.8) is 0 Å². The normalized spacial score (nSPS) is 10.5. The topological polar surface area (TPSA) is 68.6 Å². The summed E-state index contributed by atoms with van der Waals surface area (Å²) in [5.74, 6) is -0.766. The zero-order chi connectivity index (χ0) is 17.0. The van der Waals surface area contributed by atoms with Gasteiger partial charge in [0.15, 0.2) is 5.78 Å². The van der Waals surface area contributed by atoms with Crippen LogP contribution >= 0.6 is 0 Å². The van der Waals surface area contributed by atoms with Crippen molar-refractivity contribution in [2.75, 3.05) is 20.2 Å². The number of rotatable bonds is 6. The molecule has 0 fully saturated rings. The Labute approximate surface area is 131 Å². The fourth-order valence-electron chi connectivity index (χ4n) is 2.64. The van der Waals surface area contributed by atoms with Gasteiger partial charge in [0.25, 0.3) is 0 Å². The molecule has 0 aromatic carbocycles. The monoisotopic (exact) mass is 308 g/mol. The van der Waals surface area contributed by atoms with E-state index in [-0.39, 0.29) is 18.2 Å². The maximum atomic E-state index is 12.6. The lowest BCUT2D eigenvalue weighted by atomic mass is 10.1. The lowest BCUT2D eigenvalue weighted by Gasteiger charge is -2.19. The quantitative estimate of drug-likeness (QED) is 0.594. The second kappa shape index (κ2) is 7.24. The van der Waals surface area contributed by atoms with Crippen LogP contribution in [0.5, 0.6) is 0 Å². The number of carbonyl (C=O) groups excluding carboxylic acids is 3. The number of aromatic nitrogens is 1. The van der Waals surface area contributed by atoms with E-state index in [0.29, 0.717) is 29.1 Å². The summed E-state index contributed by atoms with van der Waals surface area (Å²) < 4.78 is 6.43. The molecule has 0 aliphatic carbocycles. The Balaban J connectivity index is 3.19. The molecule has 0 unspecified atom stereocenters. The summed E-state index contributed by atoms with van der Waals surface area (Å²) in [5.41, 5.74) is 2.15. The minimum absolute atomic E-state index is 0.0233. The molecule has 0 bridgehead atoms. The van der Waals surface area contributed by atoms with Crippen LogP contribution in [0.2, 0.25) is 0 Å². The Kier molecular flexibility index (Phi) is 5.91. The van der Waals surface area contributed by atoms with Gasteiger partial charge in [-0.2, -0.15) is 0 Å². The van der Waals surface area contributed by atoms with Gasteiger partial charge in [0.2, 0.25) is 5.91 Å². The lowest BCUT2D eigenvalue weighted by molar-refractivity contribution is -0.128. The molecule has 0 atom stereocenters. The van der Waals surface area contributed by atoms with E-state index in [4.69, 9.17) is 4.74 Å². The van der Waals surface area contributed by atoms with E-state index in [2.05, 4.69) is 0 Å². The smallest absolute Gasteiger partial charge is 0.354 e. The standard InChI is InChI=1S/C16H24N2O4/c1-7-8-18(12(4)19)9-13(20)14-10(2)15(16(21)22-6)17(5)11(14)3/h7-9H2,1-6H3. The molecule has 122 valence electrons. The van der Waals surface area contributed by atoms with E-state index >= 15 is 0 Å². The highest BCUT2D eigenvalue weighted by Crippen LogP contribution is 2.22. The fourth-order valence-corrected chi connectivity index (χ4v) is 2.64. The Morgan fingerprint density at radius 2 is 1.82 bits per heavy atom. The second-order valence-electron chi connectivity index (χ2n) is 5.35. The number of hydrogen-bond acceptors (Lipinski definition) is 4. The Hall–Kier alpha value is -2.11. The molecule has 0 radical (unpaired) electrons. The van der Waals surface area contributed by atoms with E-state index < -0.39 is 5.97 Å². The van der Waals surface area contributed by atoms with Crippen LogP contribution in [0.15, 0.2) is 0 Å². The largest absolute Gasteiger partial charge is 0.464 e. The van der Waals surface area contributed by atoms with Crippen molar-refractivity contribution in [1.29, 1.82) is 0 Å². The summed E-state index contributed by atoms with van der Waals surface area (Å²) >= 11 is 0. The average molecular weight is 308 g/mol. The third kappa shape index (κ3) is 3.37. The van der Waals surface area contributed by atoms with E-state index in [1.807, 2.05) is 6.92 Å². The van der Waals surface area contributed by atoms with Gasteiger partial charge in [-0.1, -0.05) is 6.92 Å². The maximum Gasteiger partial charge on any atom is 0.354 e. The van der Waals surface area contributed by atoms with Crippen LogP contribution < -0.4 is 0 Å². The molecular formula is C16H24N2O4. The zero-order valence-electron chi connectivity index (χ0n) is 14.1. The molecule has 1 aromatic heterocycles. The van der Waals surface area contributed by atoms with Crippen LogP contribution in [-0.2, 0) is 16.6 Å². The van der Waals surface area contributed by atoms with Gasteiger partial charge in [-0.3, -0.25) is 9.59 Å². The third-order valence-corrected chi connectivity index (χ3v) is 3.86. The van der Waals surface area contributed by atoms with Gasteiger partial charge >= 0.3 is 5.97 Å². The second-order valence-corrected chi connectivity index (χ2v) is 5.35. The van der Waals surface area contributed by atoms with Gasteiger partial charge in [-0.05, 0) is 25.8 Å². The summed E-state index contributed by atoms with van der Waals surface area (Å²) in [7, 11) is 3.03. The van der Waals surface area contributed by atoms with Gasteiger partial charge in [-0.15, -0.1) is 0 Å². The van der Waals surface area contributed by atoms with Crippen LogP contribution in [-0.4, -0.2) is 47.3 Å². The van der Waals surface area contributed by atoms with Gasteiger partial charge in [0.05, 0.1) is 13.7 Å². The molecule has 0 N–H and O–H groups in total. The van der Waals surface area contributed by atoms with E-state index in [9.17, 15) is 14.4 Å². The zero-order valence-corrected chi connectivity index (χ0v) is 14.1. The summed E-state index contributed by atoms with van der Waals surface area (Å²) in [4.78, 5) is 37.6. The third-order valence-electron chi connectivity index (χ3n) is 3.86. The first kappa shape index (κ1) is 17.9. The average Bonchev–Trinajstić information content (AvgIpc) is 2.68.